The Morgan fingerprint density at radius 2 is 2.12 bits per heavy atom. The molecule has 1 atom stereocenters. The van der Waals surface area contributed by atoms with E-state index in [1.54, 1.807) is 0 Å². The van der Waals surface area contributed by atoms with Gasteiger partial charge in [0, 0.05) is 0 Å². The average Bonchev–Trinajstić information content (AvgIpc) is 1.67. The van der Waals surface area contributed by atoms with Gasteiger partial charge in [0.05, 0.1) is 12.5 Å². The lowest BCUT2D eigenvalue weighted by Gasteiger charge is -2.18. The van der Waals surface area contributed by atoms with E-state index in [1.165, 1.54) is 6.34 Å². The summed E-state index contributed by atoms with van der Waals surface area (Å²) in [6, 6.07) is 0. The number of hydrogen-bond donors (Lipinski definition) is 2. The Morgan fingerprint density at radius 1 is 1.62 bits per heavy atom. The second kappa shape index (κ2) is 3.43. The molecule has 0 radical (unpaired) electrons. The summed E-state index contributed by atoms with van der Waals surface area (Å²) in [6.07, 6.45) is 1.46. The maximum Gasteiger partial charge on any atom is 0.0803 e. The smallest absolute Gasteiger partial charge is 0.0803 e. The van der Waals surface area contributed by atoms with Gasteiger partial charge in [0.1, 0.15) is 0 Å². The van der Waals surface area contributed by atoms with E-state index in [2.05, 4.69) is 5.32 Å². The van der Waals surface area contributed by atoms with Crippen molar-refractivity contribution in [2.75, 3.05) is 14.1 Å². The summed E-state index contributed by atoms with van der Waals surface area (Å²) in [5.74, 6) is 0. The minimum absolute atomic E-state index is 0.257. The third kappa shape index (κ3) is 2.58. The SMILES string of the molecule is CC(NC=N)N(C)C. The van der Waals surface area contributed by atoms with Gasteiger partial charge in [-0.15, -0.1) is 0 Å². The molecule has 0 aliphatic heterocycles. The van der Waals surface area contributed by atoms with Gasteiger partial charge in [-0.2, -0.15) is 0 Å². The summed E-state index contributed by atoms with van der Waals surface area (Å²) >= 11 is 0. The van der Waals surface area contributed by atoms with Crippen LogP contribution in [0.4, 0.5) is 0 Å². The minimum Gasteiger partial charge on any atom is -0.361 e. The number of nitrogens with zero attached hydrogens (tertiary/aromatic N) is 1. The lowest BCUT2D eigenvalue weighted by atomic mass is 10.5. The van der Waals surface area contributed by atoms with Crippen molar-refractivity contribution >= 4 is 6.34 Å². The molecule has 0 amide bonds. The number of nitrogens with one attached hydrogen (secondary N) is 2. The van der Waals surface area contributed by atoms with Gasteiger partial charge >= 0.3 is 0 Å². The molecule has 0 aliphatic carbocycles. The summed E-state index contributed by atoms with van der Waals surface area (Å²) in [5, 5.41) is 9.48. The molecule has 0 spiro atoms. The van der Waals surface area contributed by atoms with Crippen molar-refractivity contribution in [2.45, 2.75) is 13.1 Å². The average molecular weight is 115 g/mol. The maximum absolute atomic E-state index is 6.66. The van der Waals surface area contributed by atoms with Gasteiger partial charge in [0.15, 0.2) is 0 Å². The van der Waals surface area contributed by atoms with Gasteiger partial charge in [-0.05, 0) is 21.0 Å². The molecule has 8 heavy (non-hydrogen) atoms. The van der Waals surface area contributed by atoms with Crippen LogP contribution in [0.2, 0.25) is 0 Å². The van der Waals surface area contributed by atoms with Crippen LogP contribution in [0.25, 0.3) is 0 Å². The van der Waals surface area contributed by atoms with Crippen molar-refractivity contribution in [2.24, 2.45) is 0 Å². The normalized spacial score (nSPS) is 13.5. The van der Waals surface area contributed by atoms with Crippen LogP contribution in [-0.2, 0) is 0 Å². The highest BCUT2D eigenvalue weighted by atomic mass is 15.2. The van der Waals surface area contributed by atoms with E-state index >= 15 is 0 Å². The van der Waals surface area contributed by atoms with E-state index in [0.29, 0.717) is 0 Å². The molecule has 0 aliphatic rings. The zero-order valence-electron chi connectivity index (χ0n) is 5.60. The van der Waals surface area contributed by atoms with Crippen LogP contribution in [0.5, 0.6) is 0 Å². The minimum atomic E-state index is 0.257. The molecular weight excluding hydrogens is 102 g/mol. The summed E-state index contributed by atoms with van der Waals surface area (Å²) < 4.78 is 0. The number of rotatable bonds is 3. The fourth-order valence-corrected chi connectivity index (χ4v) is 0.270. The Kier molecular flexibility index (Phi) is 3.19. The highest BCUT2D eigenvalue weighted by Gasteiger charge is 1.97. The van der Waals surface area contributed by atoms with E-state index in [4.69, 9.17) is 5.41 Å². The third-order valence-electron chi connectivity index (χ3n) is 1.10. The largest absolute Gasteiger partial charge is 0.361 e. The molecule has 48 valence electrons. The second-order valence-corrected chi connectivity index (χ2v) is 1.95. The Balaban J connectivity index is 3.30. The van der Waals surface area contributed by atoms with Crippen LogP contribution in [-0.4, -0.2) is 31.5 Å². The first-order valence-electron chi connectivity index (χ1n) is 2.60. The molecule has 1 unspecified atom stereocenters. The molecule has 2 N–H and O–H groups in total. The first-order chi connectivity index (χ1) is 3.68. The van der Waals surface area contributed by atoms with Crippen LogP contribution in [0.15, 0.2) is 0 Å². The Bertz CT molecular complexity index is 70.1. The maximum atomic E-state index is 6.66. The monoisotopic (exact) mass is 115 g/mol. The molecule has 0 rings (SSSR count). The molecule has 0 saturated heterocycles. The lowest BCUT2D eigenvalue weighted by Crippen LogP contribution is -2.37. The number of hydrogen-bond acceptors (Lipinski definition) is 2. The molecule has 0 saturated carbocycles. The van der Waals surface area contributed by atoms with Gasteiger partial charge in [-0.1, -0.05) is 0 Å². The van der Waals surface area contributed by atoms with Crippen LogP contribution in [0.1, 0.15) is 6.92 Å². The molecule has 0 aromatic carbocycles. The zero-order valence-corrected chi connectivity index (χ0v) is 5.60. The standard InChI is InChI=1S/C5H13N3/c1-5(7-4-6)8(2)3/h4-5H,1-3H3,(H2,6,7). The van der Waals surface area contributed by atoms with Crippen molar-refractivity contribution in [1.82, 2.24) is 10.2 Å². The summed E-state index contributed by atoms with van der Waals surface area (Å²) in [4.78, 5) is 1.99. The van der Waals surface area contributed by atoms with Crippen molar-refractivity contribution in [3.05, 3.63) is 0 Å². The van der Waals surface area contributed by atoms with E-state index in [-0.39, 0.29) is 6.17 Å². The molecule has 0 heterocycles. The highest BCUT2D eigenvalue weighted by molar-refractivity contribution is 5.49. The lowest BCUT2D eigenvalue weighted by molar-refractivity contribution is 0.298. The fraction of sp³-hybridized carbons (Fsp3) is 0.800. The van der Waals surface area contributed by atoms with Gasteiger partial charge in [-0.3, -0.25) is 10.3 Å². The zero-order chi connectivity index (χ0) is 6.57. The quantitative estimate of drug-likeness (QED) is 0.311. The van der Waals surface area contributed by atoms with Crippen molar-refractivity contribution in [3.8, 4) is 0 Å². The summed E-state index contributed by atoms with van der Waals surface area (Å²) in [7, 11) is 3.92. The molecule has 0 aromatic heterocycles. The Morgan fingerprint density at radius 3 is 2.25 bits per heavy atom. The van der Waals surface area contributed by atoms with E-state index in [1.807, 2.05) is 25.9 Å². The first kappa shape index (κ1) is 7.43. The highest BCUT2D eigenvalue weighted by Crippen LogP contribution is 1.80. The van der Waals surface area contributed by atoms with Crippen molar-refractivity contribution < 1.29 is 0 Å². The molecule has 0 fully saturated rings. The first-order valence-corrected chi connectivity index (χ1v) is 2.60. The van der Waals surface area contributed by atoms with Gasteiger partial charge in [0.25, 0.3) is 0 Å². The Labute approximate surface area is 50.2 Å². The van der Waals surface area contributed by atoms with Crippen molar-refractivity contribution in [1.29, 1.82) is 5.41 Å². The van der Waals surface area contributed by atoms with Gasteiger partial charge in [0.2, 0.25) is 0 Å². The molecule has 3 nitrogen and oxygen atoms in total. The topological polar surface area (TPSA) is 39.1 Å². The van der Waals surface area contributed by atoms with Gasteiger partial charge in [-0.25, -0.2) is 0 Å². The van der Waals surface area contributed by atoms with E-state index < -0.39 is 0 Å². The predicted octanol–water partition coefficient (Wildman–Crippen LogP) is 0.0907. The Hall–Kier alpha value is -0.570. The molecule has 0 bridgehead atoms. The van der Waals surface area contributed by atoms with E-state index in [0.717, 1.165) is 0 Å². The molecule has 0 aromatic rings. The van der Waals surface area contributed by atoms with Crippen LogP contribution >= 0.6 is 0 Å². The van der Waals surface area contributed by atoms with Crippen molar-refractivity contribution in [3.63, 3.8) is 0 Å². The van der Waals surface area contributed by atoms with Gasteiger partial charge < -0.3 is 5.32 Å². The predicted molar refractivity (Wildman–Crippen MR) is 35.1 cm³/mol. The fourth-order valence-electron chi connectivity index (χ4n) is 0.270. The van der Waals surface area contributed by atoms with E-state index in [9.17, 15) is 0 Å². The van der Waals surface area contributed by atoms with Crippen LogP contribution < -0.4 is 5.32 Å². The summed E-state index contributed by atoms with van der Waals surface area (Å²) in [5.41, 5.74) is 0. The second-order valence-electron chi connectivity index (χ2n) is 1.95. The van der Waals surface area contributed by atoms with Crippen LogP contribution in [0.3, 0.4) is 0 Å². The summed E-state index contributed by atoms with van der Waals surface area (Å²) in [6.45, 7) is 1.99. The molecular formula is C5H13N3. The third-order valence-corrected chi connectivity index (χ3v) is 1.10. The molecule has 3 heteroatoms. The van der Waals surface area contributed by atoms with Crippen LogP contribution in [0, 0.1) is 5.41 Å².